The zero-order valence-electron chi connectivity index (χ0n) is 12.6. The van der Waals surface area contributed by atoms with Crippen LogP contribution in [0.25, 0.3) is 0 Å². The van der Waals surface area contributed by atoms with E-state index in [0.29, 0.717) is 6.61 Å². The van der Waals surface area contributed by atoms with Crippen LogP contribution in [0.4, 0.5) is 0 Å². The summed E-state index contributed by atoms with van der Waals surface area (Å²) in [7, 11) is 4.07. The lowest BCUT2D eigenvalue weighted by Crippen LogP contribution is -2.35. The van der Waals surface area contributed by atoms with E-state index in [9.17, 15) is 0 Å². The first kappa shape index (κ1) is 16.3. The van der Waals surface area contributed by atoms with Crippen LogP contribution in [0.2, 0.25) is 5.02 Å². The minimum absolute atomic E-state index is 0.0726. The van der Waals surface area contributed by atoms with E-state index in [1.165, 1.54) is 0 Å². The van der Waals surface area contributed by atoms with Crippen LogP contribution in [0.5, 0.6) is 5.75 Å². The number of nitrogens with one attached hydrogen (secondary N) is 1. The Kier molecular flexibility index (Phi) is 6.11. The third kappa shape index (κ3) is 6.81. The highest BCUT2D eigenvalue weighted by molar-refractivity contribution is 6.30. The average molecular weight is 285 g/mol. The highest BCUT2D eigenvalue weighted by Crippen LogP contribution is 2.23. The Labute approximate surface area is 121 Å². The van der Waals surface area contributed by atoms with Crippen LogP contribution in [0.3, 0.4) is 0 Å². The first-order valence-electron chi connectivity index (χ1n) is 6.59. The third-order valence-electron chi connectivity index (χ3n) is 2.63. The standard InChI is InChI=1S/C15H25ClN2O/c1-15(2,3)17-11-12-10-13(16)6-7-14(12)19-9-8-18(4)5/h6-7,10,17H,8-9,11H2,1-5H3. The summed E-state index contributed by atoms with van der Waals surface area (Å²) in [4.78, 5) is 2.10. The van der Waals surface area contributed by atoms with E-state index in [1.54, 1.807) is 0 Å². The normalized spacial score (nSPS) is 11.9. The summed E-state index contributed by atoms with van der Waals surface area (Å²) in [5.41, 5.74) is 1.17. The Hall–Kier alpha value is -0.770. The molecule has 0 bridgehead atoms. The molecule has 0 amide bonds. The van der Waals surface area contributed by atoms with Gasteiger partial charge in [-0.2, -0.15) is 0 Å². The van der Waals surface area contributed by atoms with Gasteiger partial charge in [-0.25, -0.2) is 0 Å². The number of rotatable bonds is 6. The summed E-state index contributed by atoms with van der Waals surface area (Å²) in [5.74, 6) is 0.906. The van der Waals surface area contributed by atoms with Crippen molar-refractivity contribution >= 4 is 11.6 Å². The second kappa shape index (κ2) is 7.13. The molecule has 0 fully saturated rings. The summed E-state index contributed by atoms with van der Waals surface area (Å²) in [5, 5.41) is 4.20. The molecule has 1 aromatic rings. The molecule has 19 heavy (non-hydrogen) atoms. The molecule has 0 atom stereocenters. The van der Waals surface area contributed by atoms with E-state index in [0.717, 1.165) is 29.4 Å². The molecule has 0 aliphatic rings. The lowest BCUT2D eigenvalue weighted by Gasteiger charge is -2.22. The van der Waals surface area contributed by atoms with Gasteiger partial charge in [-0.1, -0.05) is 11.6 Å². The number of hydrogen-bond acceptors (Lipinski definition) is 3. The van der Waals surface area contributed by atoms with Crippen LogP contribution in [0.15, 0.2) is 18.2 Å². The molecule has 3 nitrogen and oxygen atoms in total. The van der Waals surface area contributed by atoms with Gasteiger partial charge in [0.15, 0.2) is 0 Å². The molecule has 0 aliphatic heterocycles. The summed E-state index contributed by atoms with van der Waals surface area (Å²) in [6, 6.07) is 5.77. The maximum atomic E-state index is 6.06. The monoisotopic (exact) mass is 284 g/mol. The van der Waals surface area contributed by atoms with Crippen molar-refractivity contribution in [2.45, 2.75) is 32.9 Å². The minimum atomic E-state index is 0.0726. The van der Waals surface area contributed by atoms with Gasteiger partial charge in [0.05, 0.1) is 0 Å². The van der Waals surface area contributed by atoms with Crippen LogP contribution in [-0.4, -0.2) is 37.7 Å². The van der Waals surface area contributed by atoms with Crippen molar-refractivity contribution in [1.82, 2.24) is 10.2 Å². The van der Waals surface area contributed by atoms with Crippen molar-refractivity contribution in [2.75, 3.05) is 27.2 Å². The molecule has 108 valence electrons. The molecular formula is C15H25ClN2O. The Balaban J connectivity index is 2.68. The Bertz CT molecular complexity index is 400. The second-order valence-corrected chi connectivity index (χ2v) is 6.44. The lowest BCUT2D eigenvalue weighted by atomic mass is 10.1. The van der Waals surface area contributed by atoms with Crippen LogP contribution in [0.1, 0.15) is 26.3 Å². The topological polar surface area (TPSA) is 24.5 Å². The molecule has 1 rings (SSSR count). The largest absolute Gasteiger partial charge is 0.492 e. The molecule has 4 heteroatoms. The average Bonchev–Trinajstić information content (AvgIpc) is 2.27. The van der Waals surface area contributed by atoms with Gasteiger partial charge in [0.1, 0.15) is 12.4 Å². The molecule has 1 aromatic carbocycles. The van der Waals surface area contributed by atoms with Crippen LogP contribution < -0.4 is 10.1 Å². The summed E-state index contributed by atoms with van der Waals surface area (Å²) in [6.07, 6.45) is 0. The van der Waals surface area contributed by atoms with E-state index in [2.05, 4.69) is 31.0 Å². The quantitative estimate of drug-likeness (QED) is 0.868. The van der Waals surface area contributed by atoms with Gasteiger partial charge < -0.3 is 15.0 Å². The predicted octanol–water partition coefficient (Wildman–Crippen LogP) is 3.17. The second-order valence-electron chi connectivity index (χ2n) is 6.01. The predicted molar refractivity (Wildman–Crippen MR) is 82.1 cm³/mol. The molecule has 1 N–H and O–H groups in total. The Morgan fingerprint density at radius 2 is 1.95 bits per heavy atom. The highest BCUT2D eigenvalue weighted by atomic mass is 35.5. The highest BCUT2D eigenvalue weighted by Gasteiger charge is 2.11. The maximum Gasteiger partial charge on any atom is 0.123 e. The molecule has 0 saturated heterocycles. The van der Waals surface area contributed by atoms with Crippen molar-refractivity contribution in [3.05, 3.63) is 28.8 Å². The smallest absolute Gasteiger partial charge is 0.123 e. The number of benzene rings is 1. The van der Waals surface area contributed by atoms with Crippen molar-refractivity contribution in [3.8, 4) is 5.75 Å². The van der Waals surface area contributed by atoms with Gasteiger partial charge in [0.2, 0.25) is 0 Å². The number of hydrogen-bond donors (Lipinski definition) is 1. The first-order chi connectivity index (χ1) is 8.78. The number of likely N-dealkylation sites (N-methyl/N-ethyl adjacent to an activating group) is 1. The van der Waals surface area contributed by atoms with Crippen molar-refractivity contribution in [1.29, 1.82) is 0 Å². The molecule has 0 aliphatic carbocycles. The summed E-state index contributed by atoms with van der Waals surface area (Å²) >= 11 is 6.06. The molecule has 0 saturated carbocycles. The summed E-state index contributed by atoms with van der Waals surface area (Å²) in [6.45, 7) is 8.76. The van der Waals surface area contributed by atoms with Crippen molar-refractivity contribution < 1.29 is 4.74 Å². The molecule has 0 unspecified atom stereocenters. The van der Waals surface area contributed by atoms with Gasteiger partial charge in [-0.3, -0.25) is 0 Å². The minimum Gasteiger partial charge on any atom is -0.492 e. The number of halogens is 1. The SMILES string of the molecule is CN(C)CCOc1ccc(Cl)cc1CNC(C)(C)C. The van der Waals surface area contributed by atoms with Gasteiger partial charge in [0, 0.05) is 29.2 Å². The zero-order valence-corrected chi connectivity index (χ0v) is 13.3. The van der Waals surface area contributed by atoms with Crippen molar-refractivity contribution in [2.24, 2.45) is 0 Å². The van der Waals surface area contributed by atoms with E-state index in [1.807, 2.05) is 32.3 Å². The van der Waals surface area contributed by atoms with E-state index < -0.39 is 0 Å². The maximum absolute atomic E-state index is 6.06. The van der Waals surface area contributed by atoms with Gasteiger partial charge in [0.25, 0.3) is 0 Å². The molecular weight excluding hydrogens is 260 g/mol. The molecule has 0 radical (unpaired) electrons. The van der Waals surface area contributed by atoms with Gasteiger partial charge >= 0.3 is 0 Å². The molecule has 0 aromatic heterocycles. The fourth-order valence-corrected chi connectivity index (χ4v) is 1.72. The van der Waals surface area contributed by atoms with E-state index >= 15 is 0 Å². The summed E-state index contributed by atoms with van der Waals surface area (Å²) < 4.78 is 5.83. The Morgan fingerprint density at radius 1 is 1.26 bits per heavy atom. The fraction of sp³-hybridized carbons (Fsp3) is 0.600. The fourth-order valence-electron chi connectivity index (χ4n) is 1.53. The molecule has 0 heterocycles. The van der Waals surface area contributed by atoms with Crippen molar-refractivity contribution in [3.63, 3.8) is 0 Å². The van der Waals surface area contributed by atoms with Gasteiger partial charge in [-0.15, -0.1) is 0 Å². The van der Waals surface area contributed by atoms with Gasteiger partial charge in [-0.05, 0) is 53.1 Å². The number of nitrogens with zero attached hydrogens (tertiary/aromatic N) is 1. The number of ether oxygens (including phenoxy) is 1. The Morgan fingerprint density at radius 3 is 2.53 bits per heavy atom. The van der Waals surface area contributed by atoms with E-state index in [-0.39, 0.29) is 5.54 Å². The molecule has 0 spiro atoms. The third-order valence-corrected chi connectivity index (χ3v) is 2.86. The van der Waals surface area contributed by atoms with E-state index in [4.69, 9.17) is 16.3 Å². The first-order valence-corrected chi connectivity index (χ1v) is 6.97. The van der Waals surface area contributed by atoms with Crippen LogP contribution in [0, 0.1) is 0 Å². The van der Waals surface area contributed by atoms with Crippen LogP contribution in [-0.2, 0) is 6.54 Å². The van der Waals surface area contributed by atoms with Crippen LogP contribution >= 0.6 is 11.6 Å². The zero-order chi connectivity index (χ0) is 14.5. The lowest BCUT2D eigenvalue weighted by molar-refractivity contribution is 0.258.